The second kappa shape index (κ2) is 8.98. The molecular weight excluding hydrogens is 293 g/mol. The molecule has 0 aromatic rings. The fourth-order valence-corrected chi connectivity index (χ4v) is 2.19. The predicted octanol–water partition coefficient (Wildman–Crippen LogP) is 3.47. The Kier molecular flexibility index (Phi) is 8.98. The predicted molar refractivity (Wildman–Crippen MR) is 64.2 cm³/mol. The van der Waals surface area contributed by atoms with Crippen molar-refractivity contribution in [3.63, 3.8) is 0 Å². The van der Waals surface area contributed by atoms with Crippen LogP contribution in [0.1, 0.15) is 38.5 Å². The standard InChI is InChI=1S/C10H18ClF3O3S/c11-18(15,16)9-4-2-1-3-7-17-8-5-6-10(12,13)14/h1-9H2. The van der Waals surface area contributed by atoms with Crippen LogP contribution in [0.2, 0.25) is 0 Å². The van der Waals surface area contributed by atoms with Crippen molar-refractivity contribution in [3.05, 3.63) is 0 Å². The second-order valence-electron chi connectivity index (χ2n) is 3.99. The lowest BCUT2D eigenvalue weighted by Crippen LogP contribution is -2.09. The van der Waals surface area contributed by atoms with E-state index in [1.165, 1.54) is 0 Å². The van der Waals surface area contributed by atoms with E-state index in [0.717, 1.165) is 12.8 Å². The third-order valence-electron chi connectivity index (χ3n) is 2.18. The lowest BCUT2D eigenvalue weighted by atomic mass is 10.2. The number of unbranched alkanes of at least 4 members (excludes halogenated alkanes) is 3. The first-order valence-corrected chi connectivity index (χ1v) is 8.25. The summed E-state index contributed by atoms with van der Waals surface area (Å²) in [6, 6.07) is 0. The Bertz CT molecular complexity index is 304. The zero-order valence-corrected chi connectivity index (χ0v) is 11.6. The Morgan fingerprint density at radius 2 is 1.50 bits per heavy atom. The van der Waals surface area contributed by atoms with Gasteiger partial charge >= 0.3 is 6.18 Å². The average molecular weight is 311 g/mol. The third kappa shape index (κ3) is 16.0. The van der Waals surface area contributed by atoms with E-state index in [9.17, 15) is 21.6 Å². The fraction of sp³-hybridized carbons (Fsp3) is 1.00. The first kappa shape index (κ1) is 18.0. The Balaban J connectivity index is 3.17. The number of alkyl halides is 3. The zero-order chi connectivity index (χ0) is 14.1. The zero-order valence-electron chi connectivity index (χ0n) is 10.0. The van der Waals surface area contributed by atoms with Gasteiger partial charge in [-0.3, -0.25) is 0 Å². The highest BCUT2D eigenvalue weighted by Crippen LogP contribution is 2.21. The summed E-state index contributed by atoms with van der Waals surface area (Å²) < 4.78 is 61.4. The first-order valence-electron chi connectivity index (χ1n) is 5.77. The number of halogens is 4. The lowest BCUT2D eigenvalue weighted by Gasteiger charge is -2.06. The molecular formula is C10H18ClF3O3S. The van der Waals surface area contributed by atoms with Crippen molar-refractivity contribution in [3.8, 4) is 0 Å². The molecule has 0 bridgehead atoms. The fourth-order valence-electron chi connectivity index (χ4n) is 1.31. The largest absolute Gasteiger partial charge is 0.389 e. The van der Waals surface area contributed by atoms with Gasteiger partial charge in [0.15, 0.2) is 0 Å². The Labute approximate surface area is 110 Å². The maximum atomic E-state index is 11.8. The van der Waals surface area contributed by atoms with Gasteiger partial charge in [0.1, 0.15) is 0 Å². The van der Waals surface area contributed by atoms with Crippen LogP contribution in [0.5, 0.6) is 0 Å². The molecule has 0 unspecified atom stereocenters. The van der Waals surface area contributed by atoms with Gasteiger partial charge in [-0.2, -0.15) is 13.2 Å². The Hall–Kier alpha value is -0.0100. The molecule has 0 aromatic carbocycles. The first-order chi connectivity index (χ1) is 8.21. The lowest BCUT2D eigenvalue weighted by molar-refractivity contribution is -0.137. The van der Waals surface area contributed by atoms with Crippen LogP contribution in [-0.4, -0.2) is 33.6 Å². The number of hydrogen-bond donors (Lipinski definition) is 0. The summed E-state index contributed by atoms with van der Waals surface area (Å²) in [5.74, 6) is -0.0407. The topological polar surface area (TPSA) is 43.4 Å². The van der Waals surface area contributed by atoms with Crippen molar-refractivity contribution in [1.29, 1.82) is 0 Å². The molecule has 0 saturated carbocycles. The average Bonchev–Trinajstić information content (AvgIpc) is 2.17. The minimum Gasteiger partial charge on any atom is -0.381 e. The van der Waals surface area contributed by atoms with Gasteiger partial charge in [0.2, 0.25) is 9.05 Å². The molecule has 0 rings (SSSR count). The summed E-state index contributed by atoms with van der Waals surface area (Å²) in [5, 5.41) is 0. The molecule has 3 nitrogen and oxygen atoms in total. The molecule has 0 radical (unpaired) electrons. The smallest absolute Gasteiger partial charge is 0.381 e. The van der Waals surface area contributed by atoms with Crippen molar-refractivity contribution in [1.82, 2.24) is 0 Å². The molecule has 0 fully saturated rings. The molecule has 0 spiro atoms. The molecule has 18 heavy (non-hydrogen) atoms. The maximum Gasteiger partial charge on any atom is 0.389 e. The highest BCUT2D eigenvalue weighted by Gasteiger charge is 2.25. The molecule has 0 aliphatic rings. The summed E-state index contributed by atoms with van der Waals surface area (Å²) in [6.07, 6.45) is -2.23. The molecule has 0 heterocycles. The number of hydrogen-bond acceptors (Lipinski definition) is 3. The van der Waals surface area contributed by atoms with E-state index in [2.05, 4.69) is 0 Å². The van der Waals surface area contributed by atoms with Gasteiger partial charge in [0, 0.05) is 30.3 Å². The van der Waals surface area contributed by atoms with Crippen LogP contribution in [0.3, 0.4) is 0 Å². The van der Waals surface area contributed by atoms with Crippen molar-refractivity contribution in [2.45, 2.75) is 44.7 Å². The summed E-state index contributed by atoms with van der Waals surface area (Å²) >= 11 is 0. The quantitative estimate of drug-likeness (QED) is 0.458. The Morgan fingerprint density at radius 1 is 0.944 bits per heavy atom. The molecule has 0 saturated heterocycles. The summed E-state index contributed by atoms with van der Waals surface area (Å²) in [4.78, 5) is 0. The maximum absolute atomic E-state index is 11.8. The van der Waals surface area contributed by atoms with Crippen molar-refractivity contribution in [2.24, 2.45) is 0 Å². The minimum atomic E-state index is -4.11. The molecule has 8 heteroatoms. The van der Waals surface area contributed by atoms with Gasteiger partial charge in [-0.25, -0.2) is 8.42 Å². The van der Waals surface area contributed by atoms with Crippen LogP contribution < -0.4 is 0 Å². The molecule has 0 N–H and O–H groups in total. The van der Waals surface area contributed by atoms with Gasteiger partial charge in [0.25, 0.3) is 0 Å². The van der Waals surface area contributed by atoms with Crippen LogP contribution in [-0.2, 0) is 13.8 Å². The minimum absolute atomic E-state index is 0.0198. The summed E-state index contributed by atoms with van der Waals surface area (Å²) in [5.41, 5.74) is 0. The van der Waals surface area contributed by atoms with Gasteiger partial charge in [0.05, 0.1) is 5.75 Å². The van der Waals surface area contributed by atoms with Crippen molar-refractivity contribution in [2.75, 3.05) is 19.0 Å². The second-order valence-corrected chi connectivity index (χ2v) is 6.88. The molecule has 0 atom stereocenters. The van der Waals surface area contributed by atoms with Crippen molar-refractivity contribution < 1.29 is 26.3 Å². The van der Waals surface area contributed by atoms with E-state index in [0.29, 0.717) is 19.4 Å². The van der Waals surface area contributed by atoms with Crippen molar-refractivity contribution >= 4 is 19.7 Å². The van der Waals surface area contributed by atoms with E-state index in [1.807, 2.05) is 0 Å². The van der Waals surface area contributed by atoms with Gasteiger partial charge in [-0.1, -0.05) is 12.8 Å². The third-order valence-corrected chi connectivity index (χ3v) is 3.41. The van der Waals surface area contributed by atoms with Crippen LogP contribution in [0.4, 0.5) is 13.2 Å². The van der Waals surface area contributed by atoms with Crippen LogP contribution in [0, 0.1) is 0 Å². The molecule has 0 aliphatic heterocycles. The molecule has 0 aromatic heterocycles. The van der Waals surface area contributed by atoms with E-state index in [1.54, 1.807) is 0 Å². The van der Waals surface area contributed by atoms with E-state index >= 15 is 0 Å². The monoisotopic (exact) mass is 310 g/mol. The SMILES string of the molecule is O=S(=O)(Cl)CCCCCCOCCCC(F)(F)F. The molecule has 0 amide bonds. The number of ether oxygens (including phenoxy) is 1. The highest BCUT2D eigenvalue weighted by molar-refractivity contribution is 8.13. The van der Waals surface area contributed by atoms with Gasteiger partial charge in [-0.15, -0.1) is 0 Å². The van der Waals surface area contributed by atoms with E-state index in [4.69, 9.17) is 15.4 Å². The van der Waals surface area contributed by atoms with E-state index in [-0.39, 0.29) is 18.8 Å². The summed E-state index contributed by atoms with van der Waals surface area (Å²) in [6.45, 7) is 0.515. The van der Waals surface area contributed by atoms with E-state index < -0.39 is 21.6 Å². The Morgan fingerprint density at radius 3 is 2.06 bits per heavy atom. The normalized spacial score (nSPS) is 12.9. The van der Waals surface area contributed by atoms with Crippen LogP contribution in [0.15, 0.2) is 0 Å². The summed E-state index contributed by atoms with van der Waals surface area (Å²) in [7, 11) is 1.61. The highest BCUT2D eigenvalue weighted by atomic mass is 35.7. The molecule has 110 valence electrons. The van der Waals surface area contributed by atoms with Crippen LogP contribution >= 0.6 is 10.7 Å². The van der Waals surface area contributed by atoms with Gasteiger partial charge < -0.3 is 4.74 Å². The number of rotatable bonds is 10. The van der Waals surface area contributed by atoms with Gasteiger partial charge in [-0.05, 0) is 19.3 Å². The molecule has 0 aliphatic carbocycles. The van der Waals surface area contributed by atoms with Crippen LogP contribution in [0.25, 0.3) is 0 Å².